The Morgan fingerprint density at radius 1 is 1.12 bits per heavy atom. The van der Waals surface area contributed by atoms with E-state index in [4.69, 9.17) is 5.73 Å². The third kappa shape index (κ3) is 2.54. The second kappa shape index (κ2) is 4.84. The fraction of sp³-hybridized carbons (Fsp3) is 0.455. The van der Waals surface area contributed by atoms with Crippen LogP contribution in [0.2, 0.25) is 0 Å². The Hall–Kier alpha value is -1.07. The minimum atomic E-state index is -1.53. The van der Waals surface area contributed by atoms with Crippen LogP contribution in [0.3, 0.4) is 0 Å². The first kappa shape index (κ1) is 13.0. The number of aliphatic hydroxyl groups is 1. The zero-order valence-corrected chi connectivity index (χ0v) is 9.05. The van der Waals surface area contributed by atoms with Crippen molar-refractivity contribution < 1.29 is 18.3 Å². The van der Waals surface area contributed by atoms with E-state index >= 15 is 0 Å². The summed E-state index contributed by atoms with van der Waals surface area (Å²) in [6.45, 7) is 3.45. The molecule has 0 saturated heterocycles. The zero-order chi connectivity index (χ0) is 12.5. The maximum absolute atomic E-state index is 12.9. The Labute approximate surface area is 91.9 Å². The standard InChI is InChI=1S/C11H14F3NO/c1-5(2)11(16)10(15)6-3-7(12)9(14)8(13)4-6/h3-5,10-11,16H,15H2,1-2H3/t10-,11+/m0/s1. The number of nitrogens with two attached hydrogens (primary N) is 1. The highest BCUT2D eigenvalue weighted by Gasteiger charge is 2.22. The molecule has 2 nitrogen and oxygen atoms in total. The average Bonchev–Trinajstić information content (AvgIpc) is 2.22. The Morgan fingerprint density at radius 2 is 1.56 bits per heavy atom. The topological polar surface area (TPSA) is 46.2 Å². The summed E-state index contributed by atoms with van der Waals surface area (Å²) in [5.74, 6) is -4.30. The van der Waals surface area contributed by atoms with Gasteiger partial charge in [0.25, 0.3) is 0 Å². The third-order valence-electron chi connectivity index (χ3n) is 2.44. The summed E-state index contributed by atoms with van der Waals surface area (Å²) in [5, 5.41) is 9.64. The molecule has 1 rings (SSSR count). The molecule has 16 heavy (non-hydrogen) atoms. The fourth-order valence-corrected chi connectivity index (χ4v) is 1.38. The molecule has 0 aliphatic carbocycles. The molecule has 0 aromatic heterocycles. The van der Waals surface area contributed by atoms with E-state index in [1.165, 1.54) is 0 Å². The summed E-state index contributed by atoms with van der Waals surface area (Å²) in [6.07, 6.45) is -0.940. The van der Waals surface area contributed by atoms with Crippen LogP contribution in [0.15, 0.2) is 12.1 Å². The molecule has 0 radical (unpaired) electrons. The monoisotopic (exact) mass is 233 g/mol. The van der Waals surface area contributed by atoms with Gasteiger partial charge in [0, 0.05) is 0 Å². The lowest BCUT2D eigenvalue weighted by molar-refractivity contribution is 0.0976. The molecule has 3 N–H and O–H groups in total. The van der Waals surface area contributed by atoms with E-state index < -0.39 is 29.6 Å². The lowest BCUT2D eigenvalue weighted by Crippen LogP contribution is -2.30. The van der Waals surface area contributed by atoms with Gasteiger partial charge in [-0.25, -0.2) is 13.2 Å². The van der Waals surface area contributed by atoms with E-state index in [-0.39, 0.29) is 11.5 Å². The molecular formula is C11H14F3NO. The van der Waals surface area contributed by atoms with E-state index in [0.29, 0.717) is 0 Å². The van der Waals surface area contributed by atoms with Crippen LogP contribution in [0.1, 0.15) is 25.5 Å². The normalized spacial score (nSPS) is 15.2. The summed E-state index contributed by atoms with van der Waals surface area (Å²) in [4.78, 5) is 0. The number of halogens is 3. The Morgan fingerprint density at radius 3 is 1.94 bits per heavy atom. The van der Waals surface area contributed by atoms with Gasteiger partial charge in [-0.15, -0.1) is 0 Å². The van der Waals surface area contributed by atoms with Gasteiger partial charge in [-0.1, -0.05) is 13.8 Å². The van der Waals surface area contributed by atoms with Gasteiger partial charge in [0.2, 0.25) is 0 Å². The van der Waals surface area contributed by atoms with Crippen LogP contribution in [0, 0.1) is 23.4 Å². The summed E-state index contributed by atoms with van der Waals surface area (Å²) < 4.78 is 38.5. The quantitative estimate of drug-likeness (QED) is 0.785. The van der Waals surface area contributed by atoms with Crippen molar-refractivity contribution in [3.05, 3.63) is 35.1 Å². The highest BCUT2D eigenvalue weighted by atomic mass is 19.2. The smallest absolute Gasteiger partial charge is 0.194 e. The van der Waals surface area contributed by atoms with Crippen LogP contribution in [-0.2, 0) is 0 Å². The number of rotatable bonds is 3. The van der Waals surface area contributed by atoms with Crippen LogP contribution in [0.5, 0.6) is 0 Å². The first-order valence-corrected chi connectivity index (χ1v) is 4.92. The molecule has 0 heterocycles. The van der Waals surface area contributed by atoms with Crippen LogP contribution < -0.4 is 5.73 Å². The Balaban J connectivity index is 3.05. The molecule has 0 fully saturated rings. The van der Waals surface area contributed by atoms with Gasteiger partial charge in [0.1, 0.15) is 0 Å². The Kier molecular flexibility index (Phi) is 3.93. The molecule has 2 atom stereocenters. The van der Waals surface area contributed by atoms with Crippen molar-refractivity contribution in [1.29, 1.82) is 0 Å². The molecule has 0 spiro atoms. The van der Waals surface area contributed by atoms with Crippen molar-refractivity contribution in [1.82, 2.24) is 0 Å². The number of benzene rings is 1. The second-order valence-corrected chi connectivity index (χ2v) is 4.06. The maximum Gasteiger partial charge on any atom is 0.194 e. The van der Waals surface area contributed by atoms with E-state index in [2.05, 4.69) is 0 Å². The van der Waals surface area contributed by atoms with Crippen molar-refractivity contribution in [2.24, 2.45) is 11.7 Å². The first-order valence-electron chi connectivity index (χ1n) is 4.92. The lowest BCUT2D eigenvalue weighted by Gasteiger charge is -2.22. The highest BCUT2D eigenvalue weighted by molar-refractivity contribution is 5.23. The van der Waals surface area contributed by atoms with E-state index in [0.717, 1.165) is 12.1 Å². The molecular weight excluding hydrogens is 219 g/mol. The largest absolute Gasteiger partial charge is 0.391 e. The number of hydrogen-bond donors (Lipinski definition) is 2. The summed E-state index contributed by atoms with van der Waals surface area (Å²) in [7, 11) is 0. The maximum atomic E-state index is 12.9. The molecule has 0 amide bonds. The molecule has 0 unspecified atom stereocenters. The summed E-state index contributed by atoms with van der Waals surface area (Å²) >= 11 is 0. The minimum absolute atomic E-state index is 0.0394. The average molecular weight is 233 g/mol. The van der Waals surface area contributed by atoms with Gasteiger partial charge < -0.3 is 10.8 Å². The van der Waals surface area contributed by atoms with Gasteiger partial charge in [0.15, 0.2) is 17.5 Å². The van der Waals surface area contributed by atoms with Crippen molar-refractivity contribution in [2.45, 2.75) is 26.0 Å². The van der Waals surface area contributed by atoms with E-state index in [1.54, 1.807) is 13.8 Å². The predicted octanol–water partition coefficient (Wildman–Crippen LogP) is 2.12. The molecule has 0 aliphatic heterocycles. The molecule has 1 aromatic carbocycles. The van der Waals surface area contributed by atoms with Gasteiger partial charge in [0.05, 0.1) is 12.1 Å². The number of aliphatic hydroxyl groups excluding tert-OH is 1. The predicted molar refractivity (Wildman–Crippen MR) is 54.1 cm³/mol. The molecule has 0 aliphatic rings. The van der Waals surface area contributed by atoms with Crippen molar-refractivity contribution >= 4 is 0 Å². The molecule has 0 bridgehead atoms. The zero-order valence-electron chi connectivity index (χ0n) is 9.05. The molecule has 1 aromatic rings. The van der Waals surface area contributed by atoms with Gasteiger partial charge in [-0.3, -0.25) is 0 Å². The third-order valence-corrected chi connectivity index (χ3v) is 2.44. The van der Waals surface area contributed by atoms with Crippen molar-refractivity contribution in [3.63, 3.8) is 0 Å². The van der Waals surface area contributed by atoms with Crippen molar-refractivity contribution in [3.8, 4) is 0 Å². The molecule has 90 valence electrons. The molecule has 0 saturated carbocycles. The first-order chi connectivity index (χ1) is 7.34. The van der Waals surface area contributed by atoms with Gasteiger partial charge in [-0.05, 0) is 23.6 Å². The minimum Gasteiger partial charge on any atom is -0.391 e. The second-order valence-electron chi connectivity index (χ2n) is 4.06. The highest BCUT2D eigenvalue weighted by Crippen LogP contribution is 2.23. The Bertz CT molecular complexity index is 358. The fourth-order valence-electron chi connectivity index (χ4n) is 1.38. The van der Waals surface area contributed by atoms with Crippen LogP contribution in [-0.4, -0.2) is 11.2 Å². The summed E-state index contributed by atoms with van der Waals surface area (Å²) in [5.41, 5.74) is 5.66. The van der Waals surface area contributed by atoms with Crippen LogP contribution in [0.25, 0.3) is 0 Å². The molecule has 5 heteroatoms. The van der Waals surface area contributed by atoms with Gasteiger partial charge in [-0.2, -0.15) is 0 Å². The van der Waals surface area contributed by atoms with E-state index in [1.807, 2.05) is 0 Å². The summed E-state index contributed by atoms with van der Waals surface area (Å²) in [6, 6.07) is 0.660. The lowest BCUT2D eigenvalue weighted by atomic mass is 9.94. The SMILES string of the molecule is CC(C)[C@@H](O)[C@@H](N)c1cc(F)c(F)c(F)c1. The van der Waals surface area contributed by atoms with Crippen LogP contribution >= 0.6 is 0 Å². The van der Waals surface area contributed by atoms with Gasteiger partial charge >= 0.3 is 0 Å². The number of hydrogen-bond acceptors (Lipinski definition) is 2. The van der Waals surface area contributed by atoms with Crippen LogP contribution in [0.4, 0.5) is 13.2 Å². The van der Waals surface area contributed by atoms with E-state index in [9.17, 15) is 18.3 Å². The van der Waals surface area contributed by atoms with Crippen molar-refractivity contribution in [2.75, 3.05) is 0 Å².